The van der Waals surface area contributed by atoms with Crippen molar-refractivity contribution in [3.63, 3.8) is 0 Å². The van der Waals surface area contributed by atoms with Crippen LogP contribution in [0, 0.1) is 10.1 Å². The number of imidazole rings is 1. The van der Waals surface area contributed by atoms with Gasteiger partial charge in [-0.1, -0.05) is 29.8 Å². The van der Waals surface area contributed by atoms with Gasteiger partial charge < -0.3 is 4.74 Å². The van der Waals surface area contributed by atoms with Crippen molar-refractivity contribution >= 4 is 55.8 Å². The molecular weight excluding hydrogens is 507 g/mol. The second-order valence-corrected chi connectivity index (χ2v) is 9.85. The quantitative estimate of drug-likeness (QED) is 0.171. The van der Waals surface area contributed by atoms with E-state index in [9.17, 15) is 18.5 Å². The highest BCUT2D eigenvalue weighted by molar-refractivity contribution is 7.92. The summed E-state index contributed by atoms with van der Waals surface area (Å²) in [6.45, 7) is -0.0274. The fourth-order valence-electron chi connectivity index (χ4n) is 3.69. The highest BCUT2D eigenvalue weighted by Gasteiger charge is 2.34. The molecule has 1 aliphatic rings. The van der Waals surface area contributed by atoms with Gasteiger partial charge in [-0.25, -0.2) is 18.4 Å². The third-order valence-electron chi connectivity index (χ3n) is 5.31. The molecular formula is C20H14Cl2N6O5S. The minimum atomic E-state index is -4.12. The van der Waals surface area contributed by atoms with Crippen LogP contribution in [-0.2, 0) is 21.4 Å². The molecule has 0 amide bonds. The Bertz CT molecular complexity index is 1530. The molecule has 1 aliphatic heterocycles. The number of aromatic nitrogens is 4. The zero-order valence-corrected chi connectivity index (χ0v) is 19.4. The molecule has 2 aromatic carbocycles. The molecule has 0 aliphatic carbocycles. The maximum absolute atomic E-state index is 13.7. The number of nitro benzene ring substituents is 1. The van der Waals surface area contributed by atoms with E-state index < -0.39 is 21.2 Å². The number of hydrogen-bond donors (Lipinski definition) is 0. The summed E-state index contributed by atoms with van der Waals surface area (Å²) in [5, 5.41) is 11.0. The molecule has 2 aromatic heterocycles. The van der Waals surface area contributed by atoms with Crippen LogP contribution in [0.4, 0.5) is 11.4 Å². The molecule has 0 unspecified atom stereocenters. The predicted molar refractivity (Wildman–Crippen MR) is 123 cm³/mol. The summed E-state index contributed by atoms with van der Waals surface area (Å²) in [5.41, 5.74) is 1.44. The fraction of sp³-hybridized carbons (Fsp3) is 0.150. The number of non-ortho nitro benzene ring substituents is 1. The zero-order valence-electron chi connectivity index (χ0n) is 17.1. The lowest BCUT2D eigenvalue weighted by atomic mass is 10.2. The van der Waals surface area contributed by atoms with E-state index in [1.54, 1.807) is 28.8 Å². The Hall–Kier alpha value is -3.32. The van der Waals surface area contributed by atoms with E-state index in [2.05, 4.69) is 15.0 Å². The maximum Gasteiger partial charge on any atom is 0.269 e. The smallest absolute Gasteiger partial charge is 0.269 e. The molecule has 1 atom stereocenters. The van der Waals surface area contributed by atoms with Crippen molar-refractivity contribution in [3.05, 3.63) is 81.0 Å². The maximum atomic E-state index is 13.7. The fourth-order valence-corrected chi connectivity index (χ4v) is 5.60. The van der Waals surface area contributed by atoms with Crippen LogP contribution in [0.2, 0.25) is 10.4 Å². The lowest BCUT2D eigenvalue weighted by molar-refractivity contribution is -0.384. The molecule has 34 heavy (non-hydrogen) atoms. The third-order valence-corrected chi connectivity index (χ3v) is 7.54. The molecule has 14 heteroatoms. The number of nitrogens with zero attached hydrogens (tertiary/aromatic N) is 6. The summed E-state index contributed by atoms with van der Waals surface area (Å²) in [6, 6.07) is 11.6. The van der Waals surface area contributed by atoms with Crippen LogP contribution in [0.3, 0.4) is 0 Å². The number of nitro groups is 1. The Labute approximate surface area is 202 Å². The number of hydrogen-bond acceptors (Lipinski definition) is 8. The molecule has 0 saturated carbocycles. The van der Waals surface area contributed by atoms with E-state index in [1.807, 2.05) is 0 Å². The summed E-state index contributed by atoms with van der Waals surface area (Å²) >= 11 is 12.1. The third kappa shape index (κ3) is 3.84. The second kappa shape index (κ2) is 8.47. The minimum absolute atomic E-state index is 0.0565. The van der Waals surface area contributed by atoms with Gasteiger partial charge in [-0.2, -0.15) is 4.98 Å². The lowest BCUT2D eigenvalue weighted by Crippen LogP contribution is -2.36. The first-order valence-corrected chi connectivity index (χ1v) is 12.0. The highest BCUT2D eigenvalue weighted by Crippen LogP contribution is 2.35. The molecule has 0 fully saturated rings. The first-order valence-electron chi connectivity index (χ1n) is 9.78. The SMILES string of the molecule is O=[N+]([O-])c1ccc(S(=O)(=O)N2C[C@H](n3cnc4c(Cl)nc(Cl)nc43)OCc3ccccc32)cc1. The molecule has 0 N–H and O–H groups in total. The van der Waals surface area contributed by atoms with Gasteiger partial charge >= 0.3 is 0 Å². The average Bonchev–Trinajstić information content (AvgIpc) is 3.13. The van der Waals surface area contributed by atoms with Crippen molar-refractivity contribution in [2.24, 2.45) is 0 Å². The van der Waals surface area contributed by atoms with Gasteiger partial charge in [-0.05, 0) is 29.8 Å². The van der Waals surface area contributed by atoms with Crippen LogP contribution < -0.4 is 4.31 Å². The van der Waals surface area contributed by atoms with Crippen LogP contribution in [0.1, 0.15) is 11.8 Å². The Kier molecular flexibility index (Phi) is 5.60. The number of sulfonamides is 1. The molecule has 4 aromatic rings. The number of rotatable bonds is 4. The standard InChI is InChI=1S/C20H14Cl2N6O5S/c21-18-17-19(25-20(22)24-18)26(11-23-17)16-9-27(15-4-2-1-3-12(15)10-33-16)34(31,32)14-7-5-13(6-8-14)28(29)30/h1-8,11,16H,9-10H2/t16-/m1/s1. The van der Waals surface area contributed by atoms with Crippen LogP contribution in [0.5, 0.6) is 0 Å². The van der Waals surface area contributed by atoms with Crippen molar-refractivity contribution in [1.29, 1.82) is 0 Å². The Morgan fingerprint density at radius 2 is 1.82 bits per heavy atom. The van der Waals surface area contributed by atoms with Gasteiger partial charge in [0.2, 0.25) is 5.28 Å². The van der Waals surface area contributed by atoms with Crippen molar-refractivity contribution in [2.45, 2.75) is 17.7 Å². The van der Waals surface area contributed by atoms with Crippen molar-refractivity contribution < 1.29 is 18.1 Å². The van der Waals surface area contributed by atoms with Crippen LogP contribution >= 0.6 is 23.2 Å². The monoisotopic (exact) mass is 520 g/mol. The molecule has 0 spiro atoms. The van der Waals surface area contributed by atoms with Gasteiger partial charge in [-0.3, -0.25) is 19.0 Å². The van der Waals surface area contributed by atoms with E-state index in [0.29, 0.717) is 16.8 Å². The molecule has 0 radical (unpaired) electrons. The van der Waals surface area contributed by atoms with Crippen LogP contribution in [0.25, 0.3) is 11.2 Å². The van der Waals surface area contributed by atoms with Crippen molar-refractivity contribution in [2.75, 3.05) is 10.8 Å². The second-order valence-electron chi connectivity index (χ2n) is 7.29. The van der Waals surface area contributed by atoms with Gasteiger partial charge in [0.1, 0.15) is 5.52 Å². The molecule has 5 rings (SSSR count). The van der Waals surface area contributed by atoms with Crippen molar-refractivity contribution in [3.8, 4) is 0 Å². The number of ether oxygens (including phenoxy) is 1. The van der Waals surface area contributed by atoms with Crippen molar-refractivity contribution in [1.82, 2.24) is 19.5 Å². The van der Waals surface area contributed by atoms with Gasteiger partial charge in [-0.15, -0.1) is 0 Å². The van der Waals surface area contributed by atoms with Crippen LogP contribution in [-0.4, -0.2) is 39.4 Å². The molecule has 174 valence electrons. The number of fused-ring (bicyclic) bond motifs is 2. The molecule has 0 bridgehead atoms. The summed E-state index contributed by atoms with van der Waals surface area (Å²) < 4.78 is 36.2. The van der Waals surface area contributed by atoms with Gasteiger partial charge in [0.25, 0.3) is 15.7 Å². The van der Waals surface area contributed by atoms with Gasteiger partial charge in [0.15, 0.2) is 17.0 Å². The van der Waals surface area contributed by atoms with E-state index in [1.165, 1.54) is 22.8 Å². The minimum Gasteiger partial charge on any atom is -0.351 e. The Morgan fingerprint density at radius 1 is 1.09 bits per heavy atom. The lowest BCUT2D eigenvalue weighted by Gasteiger charge is -2.27. The summed E-state index contributed by atoms with van der Waals surface area (Å²) in [7, 11) is -4.12. The zero-order chi connectivity index (χ0) is 24.0. The molecule has 3 heterocycles. The first-order chi connectivity index (χ1) is 16.3. The normalized spacial score (nSPS) is 16.3. The topological polar surface area (TPSA) is 133 Å². The first kappa shape index (κ1) is 22.5. The van der Waals surface area contributed by atoms with E-state index in [0.717, 1.165) is 12.1 Å². The Morgan fingerprint density at radius 3 is 2.56 bits per heavy atom. The molecule has 11 nitrogen and oxygen atoms in total. The summed E-state index contributed by atoms with van der Waals surface area (Å²) in [6.07, 6.45) is 0.589. The molecule has 0 saturated heterocycles. The Balaban J connectivity index is 1.61. The van der Waals surface area contributed by atoms with E-state index >= 15 is 0 Å². The van der Waals surface area contributed by atoms with Crippen LogP contribution in [0.15, 0.2) is 59.8 Å². The van der Waals surface area contributed by atoms with Gasteiger partial charge in [0, 0.05) is 17.7 Å². The number of benzene rings is 2. The number of para-hydroxylation sites is 1. The summed E-state index contributed by atoms with van der Waals surface area (Å²) in [4.78, 5) is 22.6. The largest absolute Gasteiger partial charge is 0.351 e. The van der Waals surface area contributed by atoms with E-state index in [4.69, 9.17) is 27.9 Å². The summed E-state index contributed by atoms with van der Waals surface area (Å²) in [5.74, 6) is 0. The predicted octanol–water partition coefficient (Wildman–Crippen LogP) is 3.97. The average molecular weight is 521 g/mol. The van der Waals surface area contributed by atoms with E-state index in [-0.39, 0.29) is 39.8 Å². The number of anilines is 1. The highest BCUT2D eigenvalue weighted by atomic mass is 35.5. The number of halogens is 2. The van der Waals surface area contributed by atoms with Gasteiger partial charge in [0.05, 0.1) is 35.0 Å².